The van der Waals surface area contributed by atoms with Gasteiger partial charge in [-0.15, -0.1) is 18.3 Å². The predicted octanol–water partition coefficient (Wildman–Crippen LogP) is 5.63. The van der Waals surface area contributed by atoms with Gasteiger partial charge >= 0.3 is 12.4 Å². The molecule has 0 aliphatic carbocycles. The molecular weight excluding hydrogens is 491 g/mol. The maximum atomic E-state index is 12.4. The second kappa shape index (κ2) is 10.5. The number of pyridine rings is 1. The van der Waals surface area contributed by atoms with E-state index in [0.29, 0.717) is 35.9 Å². The molecule has 9 nitrogen and oxygen atoms in total. The fourth-order valence-corrected chi connectivity index (χ4v) is 3.61. The minimum Gasteiger partial charge on any atom is -0.462 e. The van der Waals surface area contributed by atoms with Gasteiger partial charge in [-0.25, -0.2) is 4.98 Å². The van der Waals surface area contributed by atoms with Gasteiger partial charge < -0.3 is 28.8 Å². The van der Waals surface area contributed by atoms with Crippen molar-refractivity contribution in [1.29, 1.82) is 0 Å². The minimum atomic E-state index is -4.76. The van der Waals surface area contributed by atoms with Crippen molar-refractivity contribution in [1.82, 2.24) is 15.2 Å². The lowest BCUT2D eigenvalue weighted by Crippen LogP contribution is -2.27. The van der Waals surface area contributed by atoms with Gasteiger partial charge in [0.05, 0.1) is 12.1 Å². The van der Waals surface area contributed by atoms with Crippen LogP contribution in [-0.4, -0.2) is 34.9 Å². The van der Waals surface area contributed by atoms with Crippen LogP contribution in [0.25, 0.3) is 11.5 Å². The topological polar surface area (TPSA) is 94.8 Å². The Labute approximate surface area is 209 Å². The Hall–Kier alpha value is -4.74. The molecule has 0 spiro atoms. The Morgan fingerprint density at radius 2 is 1.76 bits per heavy atom. The van der Waals surface area contributed by atoms with E-state index in [9.17, 15) is 13.2 Å². The number of nitrogens with zero attached hydrogens (tertiary/aromatic N) is 4. The van der Waals surface area contributed by atoms with Crippen LogP contribution in [0.5, 0.6) is 5.75 Å². The molecule has 0 radical (unpaired) electrons. The van der Waals surface area contributed by atoms with Crippen LogP contribution >= 0.6 is 0 Å². The molecule has 37 heavy (non-hydrogen) atoms. The van der Waals surface area contributed by atoms with Crippen LogP contribution in [-0.2, 0) is 16.0 Å². The molecule has 190 valence electrons. The summed E-state index contributed by atoms with van der Waals surface area (Å²) in [5.41, 5.74) is 2.09. The summed E-state index contributed by atoms with van der Waals surface area (Å²) in [5, 5.41) is 11.0. The molecule has 1 N–H and O–H groups in total. The monoisotopic (exact) mass is 511 g/mol. The molecule has 0 fully saturated rings. The van der Waals surface area contributed by atoms with Gasteiger partial charge in [-0.05, 0) is 42.0 Å². The Balaban J connectivity index is 1.37. The lowest BCUT2D eigenvalue weighted by Gasteiger charge is -2.25. The second-order valence-corrected chi connectivity index (χ2v) is 7.84. The van der Waals surface area contributed by atoms with Crippen LogP contribution in [0.1, 0.15) is 5.56 Å². The summed E-state index contributed by atoms with van der Waals surface area (Å²) in [6, 6.07) is 18.7. The average Bonchev–Trinajstić information content (AvgIpc) is 3.57. The molecule has 0 saturated carbocycles. The van der Waals surface area contributed by atoms with Crippen molar-refractivity contribution in [2.24, 2.45) is 0 Å². The van der Waals surface area contributed by atoms with E-state index in [1.165, 1.54) is 24.3 Å². The van der Waals surface area contributed by atoms with Crippen LogP contribution in [0.3, 0.4) is 0 Å². The normalized spacial score (nSPS) is 12.9. The Bertz CT molecular complexity index is 1360. The third-order valence-electron chi connectivity index (χ3n) is 5.17. The Morgan fingerprint density at radius 1 is 0.946 bits per heavy atom. The maximum Gasteiger partial charge on any atom is 0.573 e. The van der Waals surface area contributed by atoms with E-state index >= 15 is 0 Å². The van der Waals surface area contributed by atoms with Crippen molar-refractivity contribution in [2.75, 3.05) is 23.6 Å². The van der Waals surface area contributed by atoms with Crippen LogP contribution in [0.15, 0.2) is 89.4 Å². The standard InChI is InChI=1S/C25H20F3N5O4/c26-25(27,28)37-19-10-8-18(9-11-19)30-24-32-31-23(36-24)21-7-4-12-29-22(21)33(14-20-15-34-16-35-20)13-17-5-2-1-3-6-17/h1-12,15H,13-14,16H2,(H,30,32). The number of nitrogens with one attached hydrogen (secondary N) is 1. The van der Waals surface area contributed by atoms with Gasteiger partial charge in [0.1, 0.15) is 17.8 Å². The van der Waals surface area contributed by atoms with E-state index in [2.05, 4.69) is 25.2 Å². The summed E-state index contributed by atoms with van der Waals surface area (Å²) < 4.78 is 57.6. The number of benzene rings is 2. The molecule has 12 heteroatoms. The summed E-state index contributed by atoms with van der Waals surface area (Å²) in [5.74, 6) is 1.11. The molecule has 0 atom stereocenters. The van der Waals surface area contributed by atoms with Crippen molar-refractivity contribution >= 4 is 17.5 Å². The van der Waals surface area contributed by atoms with Crippen molar-refractivity contribution in [2.45, 2.75) is 12.9 Å². The largest absolute Gasteiger partial charge is 0.573 e. The number of hydrogen-bond acceptors (Lipinski definition) is 9. The lowest BCUT2D eigenvalue weighted by molar-refractivity contribution is -0.274. The Morgan fingerprint density at radius 3 is 2.49 bits per heavy atom. The van der Waals surface area contributed by atoms with E-state index in [4.69, 9.17) is 13.9 Å². The highest BCUT2D eigenvalue weighted by atomic mass is 19.4. The number of aromatic nitrogens is 3. The van der Waals surface area contributed by atoms with Crippen LogP contribution in [0, 0.1) is 0 Å². The van der Waals surface area contributed by atoms with Gasteiger partial charge in [0, 0.05) is 18.4 Å². The first kappa shape index (κ1) is 24.0. The van der Waals surface area contributed by atoms with Gasteiger partial charge in [0.25, 0.3) is 5.89 Å². The van der Waals surface area contributed by atoms with Gasteiger partial charge in [-0.2, -0.15) is 0 Å². The average molecular weight is 511 g/mol. The first-order valence-corrected chi connectivity index (χ1v) is 11.1. The van der Waals surface area contributed by atoms with E-state index in [0.717, 1.165) is 5.56 Å². The predicted molar refractivity (Wildman–Crippen MR) is 127 cm³/mol. The zero-order valence-electron chi connectivity index (χ0n) is 19.2. The number of ether oxygens (including phenoxy) is 3. The fourth-order valence-electron chi connectivity index (χ4n) is 3.61. The third-order valence-corrected chi connectivity index (χ3v) is 5.17. The van der Waals surface area contributed by atoms with Crippen molar-refractivity contribution in [3.8, 4) is 17.2 Å². The summed E-state index contributed by atoms with van der Waals surface area (Å²) in [6.07, 6.45) is -1.53. The highest BCUT2D eigenvalue weighted by molar-refractivity contribution is 5.70. The van der Waals surface area contributed by atoms with Gasteiger partial charge in [0.2, 0.25) is 6.79 Å². The van der Waals surface area contributed by atoms with E-state index in [1.54, 1.807) is 24.6 Å². The molecular formula is C25H20F3N5O4. The number of halogens is 3. The highest BCUT2D eigenvalue weighted by Crippen LogP contribution is 2.32. The highest BCUT2D eigenvalue weighted by Gasteiger charge is 2.31. The third kappa shape index (κ3) is 6.28. The molecule has 2 aromatic carbocycles. The molecule has 3 heterocycles. The molecule has 4 aromatic rings. The molecule has 0 bridgehead atoms. The first-order valence-electron chi connectivity index (χ1n) is 11.1. The van der Waals surface area contributed by atoms with Gasteiger partial charge in [0.15, 0.2) is 5.76 Å². The second-order valence-electron chi connectivity index (χ2n) is 7.84. The zero-order valence-corrected chi connectivity index (χ0v) is 19.2. The molecule has 0 unspecified atom stereocenters. The summed E-state index contributed by atoms with van der Waals surface area (Å²) in [6.45, 7) is 1.08. The zero-order chi connectivity index (χ0) is 25.7. The minimum absolute atomic E-state index is 0.0548. The van der Waals surface area contributed by atoms with E-state index < -0.39 is 6.36 Å². The lowest BCUT2D eigenvalue weighted by atomic mass is 10.2. The van der Waals surface area contributed by atoms with Crippen molar-refractivity contribution in [3.05, 3.63) is 90.5 Å². The van der Waals surface area contributed by atoms with Crippen LogP contribution in [0.2, 0.25) is 0 Å². The summed E-state index contributed by atoms with van der Waals surface area (Å²) in [4.78, 5) is 6.58. The molecule has 1 aliphatic rings. The van der Waals surface area contributed by atoms with Crippen molar-refractivity contribution < 1.29 is 31.8 Å². The number of rotatable bonds is 9. The van der Waals surface area contributed by atoms with E-state index in [-0.39, 0.29) is 24.4 Å². The first-order chi connectivity index (χ1) is 17.9. The molecule has 0 amide bonds. The van der Waals surface area contributed by atoms with Gasteiger partial charge in [-0.1, -0.05) is 35.4 Å². The molecule has 5 rings (SSSR count). The van der Waals surface area contributed by atoms with Gasteiger partial charge in [-0.3, -0.25) is 0 Å². The van der Waals surface area contributed by atoms with Crippen molar-refractivity contribution in [3.63, 3.8) is 0 Å². The summed E-state index contributed by atoms with van der Waals surface area (Å²) in [7, 11) is 0. The SMILES string of the molecule is FC(F)(F)Oc1ccc(Nc2nnc(-c3cccnc3N(CC3=COCO3)Cc3ccccc3)o2)cc1. The molecule has 0 saturated heterocycles. The molecule has 1 aliphatic heterocycles. The summed E-state index contributed by atoms with van der Waals surface area (Å²) >= 11 is 0. The number of anilines is 3. The smallest absolute Gasteiger partial charge is 0.462 e. The molecule has 2 aromatic heterocycles. The van der Waals surface area contributed by atoms with Crippen LogP contribution < -0.4 is 15.0 Å². The maximum absolute atomic E-state index is 12.4. The number of alkyl halides is 3. The van der Waals surface area contributed by atoms with E-state index in [1.807, 2.05) is 35.2 Å². The number of hydrogen-bond donors (Lipinski definition) is 1. The van der Waals surface area contributed by atoms with Crippen LogP contribution in [0.4, 0.5) is 30.7 Å². The Kier molecular flexibility index (Phi) is 6.79. The quantitative estimate of drug-likeness (QED) is 0.307. The fraction of sp³-hybridized carbons (Fsp3) is 0.160.